The molecule has 0 bridgehead atoms. The van der Waals surface area contributed by atoms with Crippen LogP contribution in [0.15, 0.2) is 24.3 Å². The average molecular weight is 443 g/mol. The largest absolute Gasteiger partial charge is 0.444 e. The van der Waals surface area contributed by atoms with Crippen molar-refractivity contribution in [2.75, 3.05) is 13.7 Å². The number of amides is 2. The molecule has 0 radical (unpaired) electrons. The van der Waals surface area contributed by atoms with Crippen molar-refractivity contribution in [1.82, 2.24) is 20.4 Å². The lowest BCUT2D eigenvalue weighted by Crippen LogP contribution is -2.60. The zero-order valence-corrected chi connectivity index (χ0v) is 19.9. The number of aryl methyl sites for hydroxylation is 1. The highest BCUT2D eigenvalue weighted by atomic mass is 16.6. The minimum Gasteiger partial charge on any atom is -0.444 e. The fraction of sp³-hybridized carbons (Fsp3) is 0.542. The number of fused-ring (bicyclic) bond motifs is 1. The van der Waals surface area contributed by atoms with Crippen LogP contribution in [0.25, 0.3) is 0 Å². The number of carbonyl (C=O) groups is 2. The first-order valence-corrected chi connectivity index (χ1v) is 10.9. The molecule has 0 fully saturated rings. The van der Waals surface area contributed by atoms with Crippen LogP contribution in [-0.2, 0) is 40.2 Å². The normalized spacial score (nSPS) is 14.7. The van der Waals surface area contributed by atoms with Crippen LogP contribution in [0.2, 0.25) is 0 Å². The van der Waals surface area contributed by atoms with Gasteiger partial charge in [-0.1, -0.05) is 24.3 Å². The number of nitrogens with zero attached hydrogens (tertiary/aromatic N) is 2. The van der Waals surface area contributed by atoms with E-state index in [1.165, 1.54) is 0 Å². The highest BCUT2D eigenvalue weighted by Crippen LogP contribution is 2.31. The summed E-state index contributed by atoms with van der Waals surface area (Å²) in [7, 11) is 1.66. The van der Waals surface area contributed by atoms with E-state index in [2.05, 4.69) is 15.7 Å². The van der Waals surface area contributed by atoms with Crippen LogP contribution in [0.4, 0.5) is 4.79 Å². The van der Waals surface area contributed by atoms with Gasteiger partial charge in [0.1, 0.15) is 11.1 Å². The van der Waals surface area contributed by atoms with Crippen molar-refractivity contribution in [3.05, 3.63) is 52.3 Å². The Morgan fingerprint density at radius 3 is 2.34 bits per heavy atom. The third-order valence-electron chi connectivity index (χ3n) is 5.74. The van der Waals surface area contributed by atoms with E-state index in [1.807, 2.05) is 42.8 Å². The summed E-state index contributed by atoms with van der Waals surface area (Å²) in [5.41, 5.74) is 3.18. The van der Waals surface area contributed by atoms with E-state index in [0.717, 1.165) is 28.1 Å². The van der Waals surface area contributed by atoms with E-state index in [1.54, 1.807) is 27.9 Å². The number of hydrogen-bond donors (Lipinski definition) is 2. The van der Waals surface area contributed by atoms with Crippen molar-refractivity contribution in [2.45, 2.75) is 71.7 Å². The highest BCUT2D eigenvalue weighted by Gasteiger charge is 2.45. The van der Waals surface area contributed by atoms with Crippen molar-refractivity contribution in [3.8, 4) is 0 Å². The molecule has 1 aliphatic rings. The molecule has 0 spiro atoms. The third kappa shape index (κ3) is 5.30. The van der Waals surface area contributed by atoms with E-state index in [9.17, 15) is 9.59 Å². The van der Waals surface area contributed by atoms with E-state index in [0.29, 0.717) is 32.5 Å². The number of hydrogen-bond acceptors (Lipinski definition) is 5. The van der Waals surface area contributed by atoms with E-state index in [-0.39, 0.29) is 5.91 Å². The Hall–Kier alpha value is -2.87. The molecular weight excluding hydrogens is 408 g/mol. The smallest absolute Gasteiger partial charge is 0.408 e. The van der Waals surface area contributed by atoms with Crippen LogP contribution in [-0.4, -0.2) is 46.6 Å². The molecule has 8 nitrogen and oxygen atoms in total. The van der Waals surface area contributed by atoms with Crippen molar-refractivity contribution >= 4 is 12.0 Å². The lowest BCUT2D eigenvalue weighted by molar-refractivity contribution is -0.127. The van der Waals surface area contributed by atoms with Gasteiger partial charge in [-0.05, 0) is 45.7 Å². The number of carbonyl (C=O) groups excluding carboxylic acids is 2. The Morgan fingerprint density at radius 1 is 1.16 bits per heavy atom. The van der Waals surface area contributed by atoms with Gasteiger partial charge in [-0.25, -0.2) is 4.79 Å². The van der Waals surface area contributed by atoms with Gasteiger partial charge in [0.25, 0.3) is 0 Å². The first-order valence-electron chi connectivity index (χ1n) is 10.9. The van der Waals surface area contributed by atoms with Crippen molar-refractivity contribution in [3.63, 3.8) is 0 Å². The monoisotopic (exact) mass is 442 g/mol. The number of ether oxygens (including phenoxy) is 2. The van der Waals surface area contributed by atoms with Crippen molar-refractivity contribution in [1.29, 1.82) is 0 Å². The third-order valence-corrected chi connectivity index (χ3v) is 5.74. The first-order chi connectivity index (χ1) is 15.0. The maximum atomic E-state index is 13.5. The molecule has 1 aromatic carbocycles. The van der Waals surface area contributed by atoms with Gasteiger partial charge in [-0.2, -0.15) is 5.10 Å². The van der Waals surface area contributed by atoms with Crippen molar-refractivity contribution in [2.24, 2.45) is 0 Å². The molecule has 0 saturated carbocycles. The summed E-state index contributed by atoms with van der Waals surface area (Å²) in [6, 6.07) is 7.88. The fourth-order valence-corrected chi connectivity index (χ4v) is 4.14. The van der Waals surface area contributed by atoms with Gasteiger partial charge in [0.05, 0.1) is 18.8 Å². The zero-order valence-electron chi connectivity index (χ0n) is 19.9. The Bertz CT molecular complexity index is 965. The molecule has 2 aromatic rings. The molecule has 1 aromatic heterocycles. The molecule has 1 heterocycles. The van der Waals surface area contributed by atoms with Gasteiger partial charge in [-0.15, -0.1) is 0 Å². The summed E-state index contributed by atoms with van der Waals surface area (Å²) >= 11 is 0. The van der Waals surface area contributed by atoms with Gasteiger partial charge < -0.3 is 20.1 Å². The van der Waals surface area contributed by atoms with Gasteiger partial charge in [-0.3, -0.25) is 9.48 Å². The number of rotatable bonds is 7. The number of nitrogens with one attached hydrogen (secondary N) is 2. The summed E-state index contributed by atoms with van der Waals surface area (Å²) in [6.45, 7) is 10.9. The van der Waals surface area contributed by atoms with Gasteiger partial charge in [0, 0.05) is 37.8 Å². The topological polar surface area (TPSA) is 94.5 Å². The lowest BCUT2D eigenvalue weighted by Gasteiger charge is -2.30. The van der Waals surface area contributed by atoms with E-state index >= 15 is 0 Å². The number of aromatic nitrogens is 2. The van der Waals surface area contributed by atoms with E-state index in [4.69, 9.17) is 9.47 Å². The van der Waals surface area contributed by atoms with Crippen molar-refractivity contribution < 1.29 is 19.1 Å². The minimum absolute atomic E-state index is 0.233. The molecule has 3 rings (SSSR count). The molecule has 0 aliphatic heterocycles. The van der Waals surface area contributed by atoms with Crippen LogP contribution >= 0.6 is 0 Å². The number of methoxy groups -OCH3 is 1. The summed E-state index contributed by atoms with van der Waals surface area (Å²) in [6.07, 6.45) is 0.235. The van der Waals surface area contributed by atoms with Crippen LogP contribution in [0.3, 0.4) is 0 Å². The number of benzene rings is 1. The maximum Gasteiger partial charge on any atom is 0.408 e. The molecule has 0 saturated heterocycles. The standard InChI is InChI=1S/C24H34N4O4/c1-16-20(17(2)28(27-16)11-12-31-6)15-25-21(29)24(26-22(30)32-23(3,4)5)13-18-9-7-8-10-19(18)14-24/h7-10H,11-15H2,1-6H3,(H,25,29)(H,26,30). The second-order valence-corrected chi connectivity index (χ2v) is 9.38. The van der Waals surface area contributed by atoms with Crippen LogP contribution in [0.1, 0.15) is 48.8 Å². The zero-order chi connectivity index (χ0) is 23.5. The Labute approximate surface area is 189 Å². The Morgan fingerprint density at radius 2 is 1.78 bits per heavy atom. The second kappa shape index (κ2) is 9.32. The molecule has 0 atom stereocenters. The maximum absolute atomic E-state index is 13.5. The summed E-state index contributed by atoms with van der Waals surface area (Å²) in [5.74, 6) is -0.233. The number of alkyl carbamates (subject to hydrolysis) is 1. The molecule has 2 amide bonds. The molecule has 32 heavy (non-hydrogen) atoms. The highest BCUT2D eigenvalue weighted by molar-refractivity contribution is 5.91. The summed E-state index contributed by atoms with van der Waals surface area (Å²) < 4.78 is 12.5. The molecule has 2 N–H and O–H groups in total. The molecule has 1 aliphatic carbocycles. The second-order valence-electron chi connectivity index (χ2n) is 9.38. The minimum atomic E-state index is -1.10. The van der Waals surface area contributed by atoms with Crippen LogP contribution in [0.5, 0.6) is 0 Å². The van der Waals surface area contributed by atoms with Crippen LogP contribution < -0.4 is 10.6 Å². The van der Waals surface area contributed by atoms with Gasteiger partial charge >= 0.3 is 6.09 Å². The molecular formula is C24H34N4O4. The Balaban J connectivity index is 1.78. The SMILES string of the molecule is COCCn1nc(C)c(CNC(=O)C2(NC(=O)OC(C)(C)C)Cc3ccccc3C2)c1C. The first kappa shape index (κ1) is 23.8. The quantitative estimate of drug-likeness (QED) is 0.688. The van der Waals surface area contributed by atoms with Crippen LogP contribution in [0, 0.1) is 13.8 Å². The molecule has 0 unspecified atom stereocenters. The fourth-order valence-electron chi connectivity index (χ4n) is 4.14. The van der Waals surface area contributed by atoms with E-state index < -0.39 is 17.2 Å². The average Bonchev–Trinajstić information content (AvgIpc) is 3.20. The predicted octanol–water partition coefficient (Wildman–Crippen LogP) is 2.82. The summed E-state index contributed by atoms with van der Waals surface area (Å²) in [5, 5.41) is 10.5. The molecule has 8 heteroatoms. The van der Waals surface area contributed by atoms with Gasteiger partial charge in [0.15, 0.2) is 0 Å². The predicted molar refractivity (Wildman–Crippen MR) is 121 cm³/mol. The van der Waals surface area contributed by atoms with Gasteiger partial charge in [0.2, 0.25) is 5.91 Å². The lowest BCUT2D eigenvalue weighted by atomic mass is 9.94. The molecule has 174 valence electrons. The Kier molecular flexibility index (Phi) is 6.93. The summed E-state index contributed by atoms with van der Waals surface area (Å²) in [4.78, 5) is 26.1.